The minimum atomic E-state index is -4.17. The Hall–Kier alpha value is -1.01. The Bertz CT molecular complexity index is 336. The van der Waals surface area contributed by atoms with Gasteiger partial charge in [0.1, 0.15) is 12.4 Å². The molecule has 0 aliphatic carbocycles. The molecule has 6 heteroatoms. The van der Waals surface area contributed by atoms with Gasteiger partial charge in [0.25, 0.3) is 0 Å². The Balaban J connectivity index is 2.19. The number of alkyl halides is 3. The van der Waals surface area contributed by atoms with Gasteiger partial charge < -0.3 is 14.5 Å². The predicted molar refractivity (Wildman–Crippen MR) is 61.0 cm³/mol. The second kappa shape index (κ2) is 7.43. The first-order valence-corrected chi connectivity index (χ1v) is 5.93. The Morgan fingerprint density at radius 1 is 1.39 bits per heavy atom. The number of rotatable bonds is 8. The fourth-order valence-corrected chi connectivity index (χ4v) is 1.36. The molecule has 0 saturated heterocycles. The number of hydrogen-bond acceptors (Lipinski definition) is 3. The second-order valence-corrected chi connectivity index (χ2v) is 4.02. The van der Waals surface area contributed by atoms with E-state index in [1.54, 1.807) is 12.3 Å². The lowest BCUT2D eigenvalue weighted by Crippen LogP contribution is -2.13. The van der Waals surface area contributed by atoms with Crippen molar-refractivity contribution in [2.75, 3.05) is 13.2 Å². The molecule has 0 saturated carbocycles. The minimum Gasteiger partial charge on any atom is -0.467 e. The highest BCUT2D eigenvalue weighted by Gasteiger charge is 2.26. The molecule has 3 nitrogen and oxygen atoms in total. The molecule has 1 aromatic heterocycles. The summed E-state index contributed by atoms with van der Waals surface area (Å²) in [5.74, 6) is 0.547. The third kappa shape index (κ3) is 6.66. The Morgan fingerprint density at radius 2 is 2.17 bits per heavy atom. The third-order valence-electron chi connectivity index (χ3n) is 2.24. The van der Waals surface area contributed by atoms with Gasteiger partial charge in [0, 0.05) is 12.1 Å². The van der Waals surface area contributed by atoms with E-state index in [2.05, 4.69) is 12.2 Å². The maximum absolute atomic E-state index is 11.8. The summed E-state index contributed by atoms with van der Waals surface area (Å²) in [6.45, 7) is 3.42. The number of halogens is 3. The highest BCUT2D eigenvalue weighted by Crippen LogP contribution is 2.19. The quantitative estimate of drug-likeness (QED) is 0.733. The predicted octanol–water partition coefficient (Wildman–Crippen LogP) is 3.25. The van der Waals surface area contributed by atoms with Crippen LogP contribution >= 0.6 is 0 Å². The maximum Gasteiger partial charge on any atom is 0.391 e. The number of ether oxygens (including phenoxy) is 1. The molecule has 1 aromatic rings. The van der Waals surface area contributed by atoms with E-state index >= 15 is 0 Å². The van der Waals surface area contributed by atoms with Gasteiger partial charge in [-0.15, -0.1) is 0 Å². The van der Waals surface area contributed by atoms with Crippen LogP contribution in [0.15, 0.2) is 16.7 Å². The Labute approximate surface area is 104 Å². The van der Waals surface area contributed by atoms with Crippen LogP contribution in [0.1, 0.15) is 31.1 Å². The van der Waals surface area contributed by atoms with Gasteiger partial charge >= 0.3 is 6.18 Å². The highest BCUT2D eigenvalue weighted by molar-refractivity contribution is 5.11. The van der Waals surface area contributed by atoms with Gasteiger partial charge in [-0.3, -0.25) is 0 Å². The molecule has 1 heterocycles. The van der Waals surface area contributed by atoms with Crippen LogP contribution in [0.3, 0.4) is 0 Å². The molecule has 18 heavy (non-hydrogen) atoms. The van der Waals surface area contributed by atoms with E-state index in [0.29, 0.717) is 12.3 Å². The fourth-order valence-electron chi connectivity index (χ4n) is 1.36. The van der Waals surface area contributed by atoms with Gasteiger partial charge in [-0.2, -0.15) is 13.2 Å². The zero-order valence-electron chi connectivity index (χ0n) is 10.3. The molecule has 0 fully saturated rings. The molecule has 0 aliphatic heterocycles. The first kappa shape index (κ1) is 15.0. The molecule has 0 amide bonds. The van der Waals surface area contributed by atoms with Crippen LogP contribution in [0.25, 0.3) is 0 Å². The maximum atomic E-state index is 11.8. The lowest BCUT2D eigenvalue weighted by molar-refractivity contribution is -0.146. The van der Waals surface area contributed by atoms with Crippen molar-refractivity contribution >= 4 is 0 Å². The summed E-state index contributed by atoms with van der Waals surface area (Å²) in [5, 5.41) is 3.20. The molecule has 0 aliphatic rings. The molecule has 0 radical (unpaired) electrons. The van der Waals surface area contributed by atoms with Crippen molar-refractivity contribution in [1.82, 2.24) is 5.32 Å². The molecular formula is C12H18F3NO2. The van der Waals surface area contributed by atoms with Crippen LogP contribution in [0.2, 0.25) is 0 Å². The molecule has 0 unspecified atom stereocenters. The van der Waals surface area contributed by atoms with Crippen molar-refractivity contribution in [1.29, 1.82) is 0 Å². The first-order chi connectivity index (χ1) is 8.51. The van der Waals surface area contributed by atoms with Gasteiger partial charge in [0.2, 0.25) is 0 Å². The molecule has 1 rings (SSSR count). The largest absolute Gasteiger partial charge is 0.467 e. The molecular weight excluding hydrogens is 247 g/mol. The Kier molecular flexibility index (Phi) is 6.21. The Morgan fingerprint density at radius 3 is 2.83 bits per heavy atom. The van der Waals surface area contributed by atoms with Crippen molar-refractivity contribution in [3.8, 4) is 0 Å². The first-order valence-electron chi connectivity index (χ1n) is 5.93. The summed E-state index contributed by atoms with van der Waals surface area (Å²) in [5.41, 5.74) is 0.970. The van der Waals surface area contributed by atoms with Crippen LogP contribution in [-0.4, -0.2) is 19.3 Å². The van der Waals surface area contributed by atoms with Crippen LogP contribution in [0.5, 0.6) is 0 Å². The third-order valence-corrected chi connectivity index (χ3v) is 2.24. The molecule has 0 spiro atoms. The van der Waals surface area contributed by atoms with Gasteiger partial charge in [-0.25, -0.2) is 0 Å². The van der Waals surface area contributed by atoms with Crippen molar-refractivity contribution < 1.29 is 22.3 Å². The van der Waals surface area contributed by atoms with E-state index in [-0.39, 0.29) is 13.2 Å². The van der Waals surface area contributed by atoms with Gasteiger partial charge in [-0.1, -0.05) is 6.92 Å². The lowest BCUT2D eigenvalue weighted by atomic mass is 10.3. The highest BCUT2D eigenvalue weighted by atomic mass is 19.4. The van der Waals surface area contributed by atoms with Crippen LogP contribution in [0.4, 0.5) is 13.2 Å². The minimum absolute atomic E-state index is 0.0733. The average molecular weight is 265 g/mol. The van der Waals surface area contributed by atoms with Crippen molar-refractivity contribution in [3.63, 3.8) is 0 Å². The fraction of sp³-hybridized carbons (Fsp3) is 0.667. The van der Waals surface area contributed by atoms with E-state index in [1.165, 1.54) is 0 Å². The normalized spacial score (nSPS) is 12.0. The average Bonchev–Trinajstić information content (AvgIpc) is 2.72. The standard InChI is InChI=1S/C12H18F3NO2/c1-2-4-16-7-10-6-11(18-8-10)9-17-5-3-12(13,14)15/h6,8,16H,2-5,7,9H2,1H3. The molecule has 0 aromatic carbocycles. The summed E-state index contributed by atoms with van der Waals surface area (Å²) in [6, 6.07) is 1.79. The van der Waals surface area contributed by atoms with Crippen LogP contribution in [0, 0.1) is 0 Å². The topological polar surface area (TPSA) is 34.4 Å². The zero-order valence-corrected chi connectivity index (χ0v) is 10.3. The number of furan rings is 1. The second-order valence-electron chi connectivity index (χ2n) is 4.02. The number of nitrogens with one attached hydrogen (secondary N) is 1. The van der Waals surface area contributed by atoms with Crippen molar-refractivity contribution in [3.05, 3.63) is 23.7 Å². The summed E-state index contributed by atoms with van der Waals surface area (Å²) in [7, 11) is 0. The number of hydrogen-bond donors (Lipinski definition) is 1. The monoisotopic (exact) mass is 265 g/mol. The summed E-state index contributed by atoms with van der Waals surface area (Å²) in [6.07, 6.45) is -2.46. The van der Waals surface area contributed by atoms with Gasteiger partial charge in [0.15, 0.2) is 0 Å². The van der Waals surface area contributed by atoms with Crippen LogP contribution in [-0.2, 0) is 17.9 Å². The van der Waals surface area contributed by atoms with E-state index in [1.807, 2.05) is 0 Å². The van der Waals surface area contributed by atoms with Gasteiger partial charge in [-0.05, 0) is 19.0 Å². The zero-order chi connectivity index (χ0) is 13.4. The van der Waals surface area contributed by atoms with E-state index < -0.39 is 12.6 Å². The molecule has 0 atom stereocenters. The van der Waals surface area contributed by atoms with E-state index in [4.69, 9.17) is 9.15 Å². The molecule has 1 N–H and O–H groups in total. The van der Waals surface area contributed by atoms with Crippen LogP contribution < -0.4 is 5.32 Å². The van der Waals surface area contributed by atoms with E-state index in [9.17, 15) is 13.2 Å². The summed E-state index contributed by atoms with van der Waals surface area (Å²) < 4.78 is 45.6. The SMILES string of the molecule is CCCNCc1coc(COCCC(F)(F)F)c1. The van der Waals surface area contributed by atoms with Gasteiger partial charge in [0.05, 0.1) is 19.3 Å². The smallest absolute Gasteiger partial charge is 0.391 e. The molecule has 0 bridgehead atoms. The molecule has 104 valence electrons. The van der Waals surface area contributed by atoms with Crippen molar-refractivity contribution in [2.45, 2.75) is 39.1 Å². The summed E-state index contributed by atoms with van der Waals surface area (Å²) >= 11 is 0. The van der Waals surface area contributed by atoms with Crippen molar-refractivity contribution in [2.24, 2.45) is 0 Å². The summed E-state index contributed by atoms with van der Waals surface area (Å²) in [4.78, 5) is 0. The lowest BCUT2D eigenvalue weighted by Gasteiger charge is -2.05. The van der Waals surface area contributed by atoms with E-state index in [0.717, 1.165) is 18.5 Å².